The van der Waals surface area contributed by atoms with E-state index in [0.717, 1.165) is 32.2 Å². The average Bonchev–Trinajstić information content (AvgIpc) is 3.48. The molecule has 12 heteroatoms. The maximum atomic E-state index is 15.5. The van der Waals surface area contributed by atoms with E-state index >= 15 is 4.39 Å². The van der Waals surface area contributed by atoms with Gasteiger partial charge in [0, 0.05) is 19.5 Å². The molecule has 2 bridgehead atoms. The van der Waals surface area contributed by atoms with E-state index in [1.165, 1.54) is 0 Å². The number of amides is 1. The maximum absolute atomic E-state index is 15.5. The molecule has 5 aliphatic heterocycles. The van der Waals surface area contributed by atoms with E-state index in [4.69, 9.17) is 26.1 Å². The summed E-state index contributed by atoms with van der Waals surface area (Å²) >= 11 is 6.25. The molecular formula is C28H35ClF2N6O3. The number of hydrogen-bond acceptors (Lipinski definition) is 8. The maximum Gasteiger partial charge on any atom is 0.410 e. The molecule has 4 fully saturated rings. The SMILES string of the molecule is CC(C)(C)OC(=O)N1[C@@H]2CC[C@H]1[C@@H]1CCc3nc(Cl)c(F)c4nc(OC[C@@]56CCCN5C[C@H](F)C6)nc(c34)N1C2. The lowest BCUT2D eigenvalue weighted by atomic mass is 9.95. The lowest BCUT2D eigenvalue weighted by Gasteiger charge is -2.47. The number of pyridine rings is 1. The predicted octanol–water partition coefficient (Wildman–Crippen LogP) is 4.68. The fraction of sp³-hybridized carbons (Fsp3) is 0.714. The zero-order valence-electron chi connectivity index (χ0n) is 23.1. The van der Waals surface area contributed by atoms with E-state index in [1.807, 2.05) is 25.7 Å². The molecule has 4 saturated heterocycles. The summed E-state index contributed by atoms with van der Waals surface area (Å²) in [5.74, 6) is -0.134. The number of piperazine rings is 1. The summed E-state index contributed by atoms with van der Waals surface area (Å²) in [5.41, 5.74) is -0.236. The fourth-order valence-corrected chi connectivity index (χ4v) is 7.98. The van der Waals surface area contributed by atoms with Gasteiger partial charge in [-0.1, -0.05) is 11.6 Å². The van der Waals surface area contributed by atoms with Crippen molar-refractivity contribution in [3.63, 3.8) is 0 Å². The molecule has 7 rings (SSSR count). The van der Waals surface area contributed by atoms with Crippen LogP contribution in [0.5, 0.6) is 6.01 Å². The van der Waals surface area contributed by atoms with Gasteiger partial charge in [-0.15, -0.1) is 0 Å². The Morgan fingerprint density at radius 3 is 2.77 bits per heavy atom. The Morgan fingerprint density at radius 1 is 1.15 bits per heavy atom. The van der Waals surface area contributed by atoms with Crippen molar-refractivity contribution in [1.82, 2.24) is 24.8 Å². The fourth-order valence-electron chi connectivity index (χ4n) is 7.79. The first-order valence-corrected chi connectivity index (χ1v) is 14.8. The molecule has 0 spiro atoms. The summed E-state index contributed by atoms with van der Waals surface area (Å²) in [6.07, 6.45) is 4.03. The van der Waals surface area contributed by atoms with Gasteiger partial charge in [-0.25, -0.2) is 18.6 Å². The van der Waals surface area contributed by atoms with Crippen LogP contribution in [-0.4, -0.2) is 92.5 Å². The number of aryl methyl sites for hydroxylation is 1. The largest absolute Gasteiger partial charge is 0.461 e. The summed E-state index contributed by atoms with van der Waals surface area (Å²) < 4.78 is 41.8. The number of aromatic nitrogens is 3. The molecule has 5 atom stereocenters. The summed E-state index contributed by atoms with van der Waals surface area (Å²) in [4.78, 5) is 33.2. The van der Waals surface area contributed by atoms with Crippen molar-refractivity contribution in [1.29, 1.82) is 0 Å². The van der Waals surface area contributed by atoms with E-state index in [2.05, 4.69) is 19.8 Å². The number of rotatable bonds is 3. The molecule has 0 unspecified atom stereocenters. The monoisotopic (exact) mass is 576 g/mol. The Labute approximate surface area is 237 Å². The van der Waals surface area contributed by atoms with Gasteiger partial charge in [0.1, 0.15) is 29.7 Å². The molecule has 7 heterocycles. The van der Waals surface area contributed by atoms with Gasteiger partial charge in [0.15, 0.2) is 11.0 Å². The van der Waals surface area contributed by atoms with Crippen LogP contribution in [0.4, 0.5) is 19.4 Å². The smallest absolute Gasteiger partial charge is 0.410 e. The number of alkyl halides is 1. The number of hydrogen-bond donors (Lipinski definition) is 0. The minimum absolute atomic E-state index is 0.0527. The molecule has 0 N–H and O–H groups in total. The first kappa shape index (κ1) is 26.4. The van der Waals surface area contributed by atoms with E-state index in [-0.39, 0.29) is 53.0 Å². The Kier molecular flexibility index (Phi) is 6.09. The van der Waals surface area contributed by atoms with Crippen LogP contribution in [0.1, 0.15) is 65.0 Å². The normalized spacial score (nSPS) is 31.4. The summed E-state index contributed by atoms with van der Waals surface area (Å²) in [6.45, 7) is 7.66. The summed E-state index contributed by atoms with van der Waals surface area (Å²) in [6, 6.07) is -0.119. The Morgan fingerprint density at radius 2 is 1.98 bits per heavy atom. The van der Waals surface area contributed by atoms with Crippen LogP contribution in [0.25, 0.3) is 10.9 Å². The third-order valence-corrected chi connectivity index (χ3v) is 9.61. The molecule has 216 valence electrons. The lowest BCUT2D eigenvalue weighted by molar-refractivity contribution is 0.00721. The number of nitrogens with zero attached hydrogens (tertiary/aromatic N) is 6. The second-order valence-corrected chi connectivity index (χ2v) is 13.4. The third-order valence-electron chi connectivity index (χ3n) is 9.36. The van der Waals surface area contributed by atoms with Crippen LogP contribution in [0.3, 0.4) is 0 Å². The van der Waals surface area contributed by atoms with Gasteiger partial charge in [-0.2, -0.15) is 9.97 Å². The minimum atomic E-state index is -0.881. The number of halogens is 3. The molecule has 0 aromatic carbocycles. The van der Waals surface area contributed by atoms with Crippen LogP contribution in [0.2, 0.25) is 5.15 Å². The van der Waals surface area contributed by atoms with Gasteiger partial charge in [-0.3, -0.25) is 9.80 Å². The highest BCUT2D eigenvalue weighted by molar-refractivity contribution is 6.30. The molecule has 9 nitrogen and oxygen atoms in total. The number of carbonyl (C=O) groups excluding carboxylic acids is 1. The van der Waals surface area contributed by atoms with Crippen molar-refractivity contribution in [3.05, 3.63) is 16.7 Å². The third kappa shape index (κ3) is 4.18. The van der Waals surface area contributed by atoms with Crippen molar-refractivity contribution in [2.24, 2.45) is 0 Å². The number of ether oxygens (including phenoxy) is 2. The minimum Gasteiger partial charge on any atom is -0.461 e. The second-order valence-electron chi connectivity index (χ2n) is 13.0. The molecule has 2 aromatic rings. The molecule has 40 heavy (non-hydrogen) atoms. The Hall–Kier alpha value is -2.53. The van der Waals surface area contributed by atoms with E-state index in [9.17, 15) is 9.18 Å². The molecule has 0 saturated carbocycles. The molecule has 2 aromatic heterocycles. The van der Waals surface area contributed by atoms with Crippen molar-refractivity contribution in [2.45, 2.75) is 101 Å². The standard InChI is InChI=1S/C28H35ClF2N6O3/c1-27(2,3)40-26(38)37-16-5-7-19(37)18-8-6-17-20-22(21(31)23(29)32-17)33-25(34-24(20)36(18)13-16)39-14-28-9-4-10-35(28)12-15(30)11-28/h15-16,18-19H,4-14H2,1-3H3/t15-,16-,18+,19+,28+/m1/s1. The van der Waals surface area contributed by atoms with Gasteiger partial charge < -0.3 is 14.4 Å². The summed E-state index contributed by atoms with van der Waals surface area (Å²) in [7, 11) is 0. The van der Waals surface area contributed by atoms with Crippen LogP contribution < -0.4 is 9.64 Å². The van der Waals surface area contributed by atoms with Crippen LogP contribution in [0, 0.1) is 5.82 Å². The van der Waals surface area contributed by atoms with Crippen LogP contribution in [0.15, 0.2) is 0 Å². The lowest BCUT2D eigenvalue weighted by Crippen LogP contribution is -2.62. The van der Waals surface area contributed by atoms with E-state index in [1.54, 1.807) is 0 Å². The number of carbonyl (C=O) groups is 1. The Bertz CT molecular complexity index is 1370. The number of anilines is 1. The highest BCUT2D eigenvalue weighted by Gasteiger charge is 2.52. The van der Waals surface area contributed by atoms with Gasteiger partial charge in [0.25, 0.3) is 0 Å². The topological polar surface area (TPSA) is 83.9 Å². The first-order chi connectivity index (χ1) is 19.0. The predicted molar refractivity (Wildman–Crippen MR) is 145 cm³/mol. The van der Waals surface area contributed by atoms with Crippen molar-refractivity contribution in [2.75, 3.05) is 31.1 Å². The van der Waals surface area contributed by atoms with Crippen molar-refractivity contribution >= 4 is 34.4 Å². The highest BCUT2D eigenvalue weighted by Crippen LogP contribution is 2.45. The van der Waals surface area contributed by atoms with Gasteiger partial charge in [0.05, 0.1) is 34.7 Å². The number of fused-ring (bicyclic) bond motifs is 6. The van der Waals surface area contributed by atoms with Gasteiger partial charge in [0.2, 0.25) is 0 Å². The summed E-state index contributed by atoms with van der Waals surface area (Å²) in [5, 5.41) is 0.318. The zero-order valence-corrected chi connectivity index (χ0v) is 23.9. The zero-order chi connectivity index (χ0) is 28.0. The van der Waals surface area contributed by atoms with Crippen LogP contribution >= 0.6 is 11.6 Å². The van der Waals surface area contributed by atoms with E-state index in [0.29, 0.717) is 49.2 Å². The molecule has 0 aliphatic carbocycles. The Balaban J connectivity index is 1.26. The molecule has 1 amide bonds. The van der Waals surface area contributed by atoms with E-state index < -0.39 is 17.6 Å². The van der Waals surface area contributed by atoms with Crippen LogP contribution in [-0.2, 0) is 11.2 Å². The molecule has 5 aliphatic rings. The average molecular weight is 577 g/mol. The second kappa shape index (κ2) is 9.24. The first-order valence-electron chi connectivity index (χ1n) is 14.4. The molecule has 0 radical (unpaired) electrons. The van der Waals surface area contributed by atoms with Crippen molar-refractivity contribution in [3.8, 4) is 6.01 Å². The van der Waals surface area contributed by atoms with Crippen molar-refractivity contribution < 1.29 is 23.0 Å². The quantitative estimate of drug-likeness (QED) is 0.487. The molecular weight excluding hydrogens is 542 g/mol. The highest BCUT2D eigenvalue weighted by atomic mass is 35.5. The van der Waals surface area contributed by atoms with Gasteiger partial charge >= 0.3 is 12.1 Å². The van der Waals surface area contributed by atoms with Gasteiger partial charge in [-0.05, 0) is 65.8 Å².